The smallest absolute Gasteiger partial charge is 0.338 e. The van der Waals surface area contributed by atoms with Crippen molar-refractivity contribution in [2.24, 2.45) is 4.99 Å². The van der Waals surface area contributed by atoms with E-state index in [-0.39, 0.29) is 17.7 Å². The molecule has 1 atom stereocenters. The third-order valence-corrected chi connectivity index (χ3v) is 7.59. The van der Waals surface area contributed by atoms with Gasteiger partial charge in [0.2, 0.25) is 0 Å². The molecule has 0 saturated heterocycles. The van der Waals surface area contributed by atoms with Gasteiger partial charge in [0, 0.05) is 21.2 Å². The Morgan fingerprint density at radius 3 is 2.41 bits per heavy atom. The van der Waals surface area contributed by atoms with Crippen LogP contribution in [0.3, 0.4) is 0 Å². The zero-order valence-electron chi connectivity index (χ0n) is 21.2. The highest BCUT2D eigenvalue weighted by atomic mass is 35.5. The molecule has 6 nitrogen and oxygen atoms in total. The molecular formula is C30H24Cl2N2O4S. The molecule has 0 bridgehead atoms. The Hall–Kier alpha value is -3.65. The summed E-state index contributed by atoms with van der Waals surface area (Å²) in [6, 6.07) is 21.0. The fourth-order valence-electron chi connectivity index (χ4n) is 4.46. The van der Waals surface area contributed by atoms with Crippen LogP contribution in [0.2, 0.25) is 10.0 Å². The lowest BCUT2D eigenvalue weighted by molar-refractivity contribution is -0.138. The summed E-state index contributed by atoms with van der Waals surface area (Å²) in [5.74, 6) is 0.0713. The van der Waals surface area contributed by atoms with Gasteiger partial charge in [-0.3, -0.25) is 9.36 Å². The largest absolute Gasteiger partial charge is 0.493 e. The molecule has 198 valence electrons. The van der Waals surface area contributed by atoms with Gasteiger partial charge in [-0.15, -0.1) is 0 Å². The second kappa shape index (κ2) is 11.6. The van der Waals surface area contributed by atoms with Crippen LogP contribution >= 0.6 is 34.5 Å². The third-order valence-electron chi connectivity index (χ3n) is 6.12. The molecule has 39 heavy (non-hydrogen) atoms. The van der Waals surface area contributed by atoms with Gasteiger partial charge in [-0.25, -0.2) is 9.79 Å². The normalized spacial score (nSPS) is 15.1. The molecule has 9 heteroatoms. The predicted octanol–water partition coefficient (Wildman–Crippen LogP) is 5.64. The minimum absolute atomic E-state index is 0.178. The Morgan fingerprint density at radius 1 is 1.00 bits per heavy atom. The highest BCUT2D eigenvalue weighted by molar-refractivity contribution is 7.07. The summed E-state index contributed by atoms with van der Waals surface area (Å²) in [7, 11) is 0. The molecule has 2 heterocycles. The van der Waals surface area contributed by atoms with E-state index >= 15 is 0 Å². The lowest BCUT2D eigenvalue weighted by atomic mass is 9.93. The van der Waals surface area contributed by atoms with Crippen LogP contribution in [-0.4, -0.2) is 23.8 Å². The van der Waals surface area contributed by atoms with Gasteiger partial charge in [-0.2, -0.15) is 0 Å². The van der Waals surface area contributed by atoms with E-state index in [1.54, 1.807) is 47.9 Å². The number of hydrogen-bond donors (Lipinski definition) is 0. The monoisotopic (exact) mass is 578 g/mol. The summed E-state index contributed by atoms with van der Waals surface area (Å²) < 4.78 is 13.2. The Bertz CT molecular complexity index is 1740. The molecule has 5 rings (SSSR count). The first-order valence-corrected chi connectivity index (χ1v) is 13.9. The summed E-state index contributed by atoms with van der Waals surface area (Å²) >= 11 is 13.7. The first-order valence-electron chi connectivity index (χ1n) is 12.4. The number of halogens is 2. The Morgan fingerprint density at radius 2 is 1.72 bits per heavy atom. The van der Waals surface area contributed by atoms with Crippen molar-refractivity contribution in [3.63, 3.8) is 0 Å². The fourth-order valence-corrected chi connectivity index (χ4v) is 5.76. The number of esters is 1. The first-order chi connectivity index (χ1) is 18.9. The van der Waals surface area contributed by atoms with Crippen molar-refractivity contribution in [2.45, 2.75) is 19.9 Å². The SMILES string of the molecule is CCOC(=O)C1=C(c2ccccc2)N=c2s/c(=C\c3cc(Cl)ccc3OCC)c(=O)n2[C@H]1c1ccc(Cl)cc1. The quantitative estimate of drug-likeness (QED) is 0.266. The number of aromatic nitrogens is 1. The van der Waals surface area contributed by atoms with Crippen LogP contribution in [0.5, 0.6) is 5.75 Å². The molecular weight excluding hydrogens is 555 g/mol. The van der Waals surface area contributed by atoms with Crippen molar-refractivity contribution in [3.8, 4) is 5.75 Å². The lowest BCUT2D eigenvalue weighted by Crippen LogP contribution is -2.40. The maximum absolute atomic E-state index is 14.0. The maximum atomic E-state index is 14.0. The van der Waals surface area contributed by atoms with Crippen molar-refractivity contribution in [1.29, 1.82) is 0 Å². The Kier molecular flexibility index (Phi) is 8.02. The average molecular weight is 580 g/mol. The van der Waals surface area contributed by atoms with Gasteiger partial charge >= 0.3 is 5.97 Å². The fraction of sp³-hybridized carbons (Fsp3) is 0.167. The molecule has 0 amide bonds. The molecule has 0 spiro atoms. The summed E-state index contributed by atoms with van der Waals surface area (Å²) in [6.45, 7) is 4.27. The number of thiazole rings is 1. The molecule has 1 aliphatic rings. The lowest BCUT2D eigenvalue weighted by Gasteiger charge is -2.25. The Balaban J connectivity index is 1.82. The Labute approximate surface area is 239 Å². The highest BCUT2D eigenvalue weighted by Crippen LogP contribution is 2.35. The van der Waals surface area contributed by atoms with Crippen LogP contribution in [0.1, 0.15) is 36.6 Å². The van der Waals surface area contributed by atoms with Gasteiger partial charge < -0.3 is 9.47 Å². The number of hydrogen-bond acceptors (Lipinski definition) is 6. The van der Waals surface area contributed by atoms with E-state index in [0.717, 1.165) is 5.56 Å². The summed E-state index contributed by atoms with van der Waals surface area (Å²) in [5, 5.41) is 1.06. The van der Waals surface area contributed by atoms with Gasteiger partial charge in [0.15, 0.2) is 4.80 Å². The second-order valence-electron chi connectivity index (χ2n) is 8.60. The predicted molar refractivity (Wildman–Crippen MR) is 155 cm³/mol. The molecule has 0 radical (unpaired) electrons. The molecule has 0 N–H and O–H groups in total. The van der Waals surface area contributed by atoms with Crippen molar-refractivity contribution in [1.82, 2.24) is 4.57 Å². The molecule has 0 fully saturated rings. The molecule has 4 aromatic rings. The van der Waals surface area contributed by atoms with Crippen LogP contribution in [0.15, 0.2) is 88.2 Å². The van der Waals surface area contributed by atoms with E-state index in [1.165, 1.54) is 11.3 Å². The number of fused-ring (bicyclic) bond motifs is 1. The highest BCUT2D eigenvalue weighted by Gasteiger charge is 2.35. The van der Waals surface area contributed by atoms with Crippen molar-refractivity contribution in [3.05, 3.63) is 125 Å². The summed E-state index contributed by atoms with van der Waals surface area (Å²) in [5.41, 5.74) is 2.56. The van der Waals surface area contributed by atoms with Gasteiger partial charge in [-0.1, -0.05) is 77.0 Å². The van der Waals surface area contributed by atoms with Gasteiger partial charge in [-0.05, 0) is 55.8 Å². The van der Waals surface area contributed by atoms with Crippen LogP contribution in [0.25, 0.3) is 11.8 Å². The molecule has 0 aliphatic carbocycles. The third kappa shape index (κ3) is 5.43. The molecule has 0 unspecified atom stereocenters. The van der Waals surface area contributed by atoms with Gasteiger partial charge in [0.25, 0.3) is 5.56 Å². The summed E-state index contributed by atoms with van der Waals surface area (Å²) in [4.78, 5) is 32.8. The van der Waals surface area contributed by atoms with E-state index in [1.807, 2.05) is 49.4 Å². The number of benzene rings is 3. The minimum atomic E-state index is -0.777. The van der Waals surface area contributed by atoms with E-state index < -0.39 is 12.0 Å². The van der Waals surface area contributed by atoms with Gasteiger partial charge in [0.05, 0.1) is 35.1 Å². The zero-order valence-corrected chi connectivity index (χ0v) is 23.5. The topological polar surface area (TPSA) is 69.9 Å². The van der Waals surface area contributed by atoms with Crippen LogP contribution in [0, 0.1) is 0 Å². The number of carbonyl (C=O) groups excluding carboxylic acids is 1. The zero-order chi connectivity index (χ0) is 27.5. The van der Waals surface area contributed by atoms with E-state index in [2.05, 4.69) is 0 Å². The minimum Gasteiger partial charge on any atom is -0.493 e. The van der Waals surface area contributed by atoms with Crippen molar-refractivity contribution in [2.75, 3.05) is 13.2 Å². The van der Waals surface area contributed by atoms with Gasteiger partial charge in [0.1, 0.15) is 5.75 Å². The molecule has 3 aromatic carbocycles. The number of carbonyl (C=O) groups is 1. The standard InChI is InChI=1S/C30H24Cl2N2O4S/c1-3-37-23-15-14-22(32)16-20(23)17-24-28(35)34-27(19-10-12-21(31)13-11-19)25(29(36)38-4-2)26(33-30(34)39-24)18-8-6-5-7-9-18/h5-17,27H,3-4H2,1-2H3/b24-17-/t27-/m0/s1. The molecule has 0 saturated carbocycles. The van der Waals surface area contributed by atoms with Crippen LogP contribution in [-0.2, 0) is 9.53 Å². The number of rotatable bonds is 7. The summed E-state index contributed by atoms with van der Waals surface area (Å²) in [6.07, 6.45) is 1.75. The number of nitrogens with zero attached hydrogens (tertiary/aromatic N) is 2. The molecule has 1 aromatic heterocycles. The van der Waals surface area contributed by atoms with E-state index in [0.29, 0.717) is 48.6 Å². The van der Waals surface area contributed by atoms with E-state index in [9.17, 15) is 9.59 Å². The van der Waals surface area contributed by atoms with E-state index in [4.69, 9.17) is 37.7 Å². The number of ether oxygens (including phenoxy) is 2. The van der Waals surface area contributed by atoms with Crippen LogP contribution in [0.4, 0.5) is 0 Å². The van der Waals surface area contributed by atoms with Crippen LogP contribution < -0.4 is 19.6 Å². The van der Waals surface area contributed by atoms with Crippen molar-refractivity contribution >= 4 is 52.3 Å². The molecule has 1 aliphatic heterocycles. The maximum Gasteiger partial charge on any atom is 0.338 e. The average Bonchev–Trinajstić information content (AvgIpc) is 3.25. The first kappa shape index (κ1) is 26.9. The second-order valence-corrected chi connectivity index (χ2v) is 10.5. The van der Waals surface area contributed by atoms with Crippen molar-refractivity contribution < 1.29 is 14.3 Å².